The van der Waals surface area contributed by atoms with E-state index in [4.69, 9.17) is 92.8 Å². The van der Waals surface area contributed by atoms with Gasteiger partial charge in [0, 0.05) is 17.1 Å². The molecule has 2 unspecified atom stereocenters. The number of ketones is 2. The number of nitrogens with one attached hydrogen (secondary N) is 4. The van der Waals surface area contributed by atoms with Crippen molar-refractivity contribution < 1.29 is 28.8 Å². The second kappa shape index (κ2) is 21.3. The Hall–Kier alpha value is -5.16. The summed E-state index contributed by atoms with van der Waals surface area (Å²) in [6.07, 6.45) is 0. The first-order chi connectivity index (χ1) is 29.3. The van der Waals surface area contributed by atoms with E-state index < -0.39 is 47.3 Å². The summed E-state index contributed by atoms with van der Waals surface area (Å²) in [5.74, 6) is -4.52. The lowest BCUT2D eigenvalue weighted by atomic mass is 10.1. The largest absolute Gasteiger partial charge is 0.324 e. The molecule has 5 aromatic rings. The lowest BCUT2D eigenvalue weighted by Gasteiger charge is -2.15. The minimum atomic E-state index is -1.69. The fraction of sp³-hybridized carbons (Fsp3) is 0.100. The minimum Gasteiger partial charge on any atom is -0.324 e. The van der Waals surface area contributed by atoms with Crippen molar-refractivity contribution in [2.24, 2.45) is 20.5 Å². The summed E-state index contributed by atoms with van der Waals surface area (Å²) < 4.78 is 0. The molecule has 0 fully saturated rings. The molecule has 0 bridgehead atoms. The zero-order chi connectivity index (χ0) is 45.4. The second-order valence-corrected chi connectivity index (χ2v) is 16.0. The van der Waals surface area contributed by atoms with Crippen LogP contribution in [0.1, 0.15) is 34.6 Å². The first-order valence-electron chi connectivity index (χ1n) is 17.4. The number of anilines is 4. The van der Waals surface area contributed by atoms with Gasteiger partial charge in [-0.25, -0.2) is 0 Å². The van der Waals surface area contributed by atoms with E-state index in [0.717, 1.165) is 13.8 Å². The van der Waals surface area contributed by atoms with Crippen molar-refractivity contribution in [3.8, 4) is 0 Å². The van der Waals surface area contributed by atoms with Crippen LogP contribution in [0.25, 0.3) is 0 Å². The molecule has 2 atom stereocenters. The highest BCUT2D eigenvalue weighted by atomic mass is 35.5. The smallest absolute Gasteiger partial charge is 0.258 e. The minimum absolute atomic E-state index is 0.000734. The Kier molecular flexibility index (Phi) is 16.4. The number of nitrogens with zero attached hydrogens (tertiary/aromatic N) is 4. The Balaban J connectivity index is 1.25. The maximum absolute atomic E-state index is 13.3. The molecule has 22 heteroatoms. The number of amides is 4. The Morgan fingerprint density at radius 2 is 0.790 bits per heavy atom. The normalized spacial score (nSPS) is 12.2. The van der Waals surface area contributed by atoms with Crippen molar-refractivity contribution in [2.45, 2.75) is 25.9 Å². The number of azo groups is 2. The van der Waals surface area contributed by atoms with Crippen LogP contribution in [0.15, 0.2) is 105 Å². The number of carbonyl (C=O) groups excluding carboxylic acids is 6. The van der Waals surface area contributed by atoms with Crippen molar-refractivity contribution in [1.82, 2.24) is 0 Å². The van der Waals surface area contributed by atoms with Gasteiger partial charge in [0.1, 0.15) is 0 Å². The molecule has 5 aromatic carbocycles. The van der Waals surface area contributed by atoms with Gasteiger partial charge in [0.25, 0.3) is 23.6 Å². The molecule has 14 nitrogen and oxygen atoms in total. The van der Waals surface area contributed by atoms with Crippen LogP contribution in [0.5, 0.6) is 0 Å². The molecular weight excluding hydrogens is 972 g/mol. The lowest BCUT2D eigenvalue weighted by molar-refractivity contribution is -0.127. The summed E-state index contributed by atoms with van der Waals surface area (Å²) in [5, 5.41) is 26.7. The molecule has 0 aliphatic carbocycles. The van der Waals surface area contributed by atoms with Gasteiger partial charge in [-0.3, -0.25) is 28.8 Å². The fourth-order valence-corrected chi connectivity index (χ4v) is 6.68. The van der Waals surface area contributed by atoms with E-state index in [-0.39, 0.29) is 64.0 Å². The van der Waals surface area contributed by atoms with Crippen molar-refractivity contribution in [1.29, 1.82) is 0 Å². The van der Waals surface area contributed by atoms with Gasteiger partial charge in [-0.2, -0.15) is 20.5 Å². The third-order valence-electron chi connectivity index (χ3n) is 8.15. The van der Waals surface area contributed by atoms with Gasteiger partial charge in [0.05, 0.1) is 68.4 Å². The molecular formula is C40H26Cl8N8O6. The Bertz CT molecular complexity index is 2690. The highest BCUT2D eigenvalue weighted by molar-refractivity contribution is 6.43. The second-order valence-electron chi connectivity index (χ2n) is 12.7. The zero-order valence-corrected chi connectivity index (χ0v) is 37.5. The van der Waals surface area contributed by atoms with Crippen molar-refractivity contribution >= 4 is 162 Å². The van der Waals surface area contributed by atoms with Crippen LogP contribution in [0.2, 0.25) is 40.2 Å². The van der Waals surface area contributed by atoms with E-state index in [2.05, 4.69) is 41.7 Å². The van der Waals surface area contributed by atoms with Crippen LogP contribution in [0, 0.1) is 0 Å². The monoisotopic (exact) mass is 994 g/mol. The molecule has 0 heterocycles. The van der Waals surface area contributed by atoms with Crippen LogP contribution in [-0.4, -0.2) is 47.3 Å². The molecule has 62 heavy (non-hydrogen) atoms. The Labute approximate surface area is 392 Å². The number of Topliss-reactive ketones (excluding diaryl/α,β-unsaturated/α-hetero) is 2. The Morgan fingerprint density at radius 3 is 1.18 bits per heavy atom. The molecule has 0 aliphatic heterocycles. The maximum atomic E-state index is 13.3. The summed E-state index contributed by atoms with van der Waals surface area (Å²) in [5.41, 5.74) is 0.714. The van der Waals surface area contributed by atoms with Crippen LogP contribution in [0.3, 0.4) is 0 Å². The molecule has 318 valence electrons. The third kappa shape index (κ3) is 12.5. The number of carbonyl (C=O) groups is 6. The Morgan fingerprint density at radius 1 is 0.419 bits per heavy atom. The molecule has 5 rings (SSSR count). The molecule has 0 radical (unpaired) electrons. The van der Waals surface area contributed by atoms with Gasteiger partial charge < -0.3 is 21.3 Å². The number of hydrogen-bond donors (Lipinski definition) is 4. The number of hydrogen-bond acceptors (Lipinski definition) is 10. The van der Waals surface area contributed by atoms with E-state index >= 15 is 0 Å². The SMILES string of the molecule is CC(=O)C(N=Nc1ccc(Cl)c(C(=O)Nc2ccc(Cl)c(Cl)c2)c1)C(=O)Nc1cc(Cl)c(NC(=O)C(N=Nc2ccc(Cl)c(C(=O)Nc3ccc(Cl)c(Cl)c3)c2)C(C)=O)c(Cl)c1. The predicted octanol–water partition coefficient (Wildman–Crippen LogP) is 12.8. The van der Waals surface area contributed by atoms with E-state index in [1.165, 1.54) is 84.9 Å². The average Bonchev–Trinajstić information content (AvgIpc) is 3.20. The topological polar surface area (TPSA) is 200 Å². The fourth-order valence-electron chi connectivity index (χ4n) is 5.10. The molecule has 0 aromatic heterocycles. The molecule has 4 amide bonds. The van der Waals surface area contributed by atoms with Gasteiger partial charge in [0.15, 0.2) is 11.6 Å². The predicted molar refractivity (Wildman–Crippen MR) is 243 cm³/mol. The van der Waals surface area contributed by atoms with Gasteiger partial charge >= 0.3 is 0 Å². The first-order valence-corrected chi connectivity index (χ1v) is 20.4. The van der Waals surface area contributed by atoms with E-state index in [9.17, 15) is 28.8 Å². The third-order valence-corrected chi connectivity index (χ3v) is 10.9. The molecule has 0 spiro atoms. The molecule has 4 N–H and O–H groups in total. The van der Waals surface area contributed by atoms with Crippen LogP contribution in [-0.2, 0) is 19.2 Å². The lowest BCUT2D eigenvalue weighted by Crippen LogP contribution is -2.32. The van der Waals surface area contributed by atoms with Crippen LogP contribution < -0.4 is 21.3 Å². The highest BCUT2D eigenvalue weighted by Gasteiger charge is 2.27. The number of halogens is 8. The molecule has 0 aliphatic rings. The number of rotatable bonds is 14. The van der Waals surface area contributed by atoms with E-state index in [1.807, 2.05) is 0 Å². The van der Waals surface area contributed by atoms with Gasteiger partial charge in [-0.1, -0.05) is 92.8 Å². The summed E-state index contributed by atoms with van der Waals surface area (Å²) >= 11 is 49.3. The van der Waals surface area contributed by atoms with Gasteiger partial charge in [-0.15, -0.1) is 0 Å². The standard InChI is InChI=1S/C40H26Cl8N8O6/c1-17(57)34(55-53-21-5-7-26(41)24(11-21)37(59)49-19-3-9-28(43)30(45)13-19)39(61)51-23-15-32(47)36(33(48)16-23)52-40(62)35(18(2)58)56-54-22-6-8-27(42)25(12-22)38(60)50-20-4-10-29(44)31(46)14-20/h3-16,34-35H,1-2H3,(H,49,59)(H,50,60)(H,51,61)(H,52,62). The zero-order valence-electron chi connectivity index (χ0n) is 31.5. The average molecular weight is 998 g/mol. The van der Waals surface area contributed by atoms with Gasteiger partial charge in [0.2, 0.25) is 12.1 Å². The summed E-state index contributed by atoms with van der Waals surface area (Å²) in [4.78, 5) is 77.5. The summed E-state index contributed by atoms with van der Waals surface area (Å²) in [7, 11) is 0. The van der Waals surface area contributed by atoms with Crippen molar-refractivity contribution in [3.05, 3.63) is 136 Å². The summed E-state index contributed by atoms with van der Waals surface area (Å²) in [6.45, 7) is 2.22. The van der Waals surface area contributed by atoms with Gasteiger partial charge in [-0.05, 0) is 98.8 Å². The molecule has 0 saturated heterocycles. The van der Waals surface area contributed by atoms with Crippen LogP contribution in [0.4, 0.5) is 34.1 Å². The highest BCUT2D eigenvalue weighted by Crippen LogP contribution is 2.35. The van der Waals surface area contributed by atoms with Crippen LogP contribution >= 0.6 is 92.8 Å². The summed E-state index contributed by atoms with van der Waals surface area (Å²) in [6, 6.07) is 16.2. The van der Waals surface area contributed by atoms with Crippen molar-refractivity contribution in [2.75, 3.05) is 21.3 Å². The van der Waals surface area contributed by atoms with Crippen molar-refractivity contribution in [3.63, 3.8) is 0 Å². The first kappa shape index (κ1) is 47.9. The van der Waals surface area contributed by atoms with E-state index in [0.29, 0.717) is 21.4 Å². The van der Waals surface area contributed by atoms with E-state index in [1.54, 1.807) is 0 Å². The molecule has 0 saturated carbocycles. The quantitative estimate of drug-likeness (QED) is 0.0630. The maximum Gasteiger partial charge on any atom is 0.258 e. The number of benzene rings is 5.